The molecule has 0 bridgehead atoms. The predicted octanol–water partition coefficient (Wildman–Crippen LogP) is 1.85. The van der Waals surface area contributed by atoms with E-state index in [2.05, 4.69) is 18.1 Å². The first-order valence-electron chi connectivity index (χ1n) is 7.74. The molecule has 0 saturated carbocycles. The highest BCUT2D eigenvalue weighted by Crippen LogP contribution is 2.66. The van der Waals surface area contributed by atoms with Gasteiger partial charge in [-0.2, -0.15) is 8.62 Å². The highest BCUT2D eigenvalue weighted by Gasteiger charge is 2.67. The van der Waals surface area contributed by atoms with Crippen molar-refractivity contribution in [3.8, 4) is 0 Å². The predicted molar refractivity (Wildman–Crippen MR) is 100 cm³/mol. The molecule has 1 aromatic heterocycles. The Morgan fingerprint density at radius 1 is 1.16 bits per heavy atom. The lowest BCUT2D eigenvalue weighted by molar-refractivity contribution is -0.204. The van der Waals surface area contributed by atoms with Gasteiger partial charge < -0.3 is 34.4 Å². The van der Waals surface area contributed by atoms with E-state index in [0.29, 0.717) is 4.57 Å². The van der Waals surface area contributed by atoms with Crippen LogP contribution in [0.2, 0.25) is 0 Å². The third kappa shape index (κ3) is 6.40. The van der Waals surface area contributed by atoms with Crippen LogP contribution in [0.25, 0.3) is 0 Å². The average Bonchev–Trinajstić information content (AvgIpc) is 2.80. The number of aliphatic hydroxyl groups is 1. The second-order valence-electron chi connectivity index (χ2n) is 6.10. The fraction of sp³-hybridized carbons (Fsp3) is 0.600. The second-order valence-corrected chi connectivity index (χ2v) is 11.3. The minimum Gasteiger partial charge on any atom is -0.383 e. The number of aromatic amines is 1. The fourth-order valence-corrected chi connectivity index (χ4v) is 5.99. The molecule has 2 heterocycles. The zero-order valence-corrected chi connectivity index (χ0v) is 19.4. The number of aromatic nitrogens is 2. The third-order valence-corrected chi connectivity index (χ3v) is 8.06. The molecule has 14 nitrogen and oxygen atoms in total. The van der Waals surface area contributed by atoms with Crippen molar-refractivity contribution in [3.63, 3.8) is 0 Å². The number of nitrogens with one attached hydrogen (secondary N) is 1. The minimum absolute atomic E-state index is 0.0636. The molecule has 1 aromatic rings. The van der Waals surface area contributed by atoms with Crippen molar-refractivity contribution in [3.05, 3.63) is 21.7 Å². The normalized spacial score (nSPS) is 32.4. The van der Waals surface area contributed by atoms with Crippen LogP contribution >= 0.6 is 47.9 Å². The molecule has 6 atom stereocenters. The second kappa shape index (κ2) is 9.36. The van der Waals surface area contributed by atoms with Crippen LogP contribution in [-0.2, 0) is 31.6 Å². The van der Waals surface area contributed by atoms with E-state index >= 15 is 8.78 Å². The largest absolute Gasteiger partial charge is 0.490 e. The Balaban J connectivity index is 2.27. The van der Waals surface area contributed by atoms with Crippen molar-refractivity contribution in [2.24, 2.45) is 0 Å². The van der Waals surface area contributed by atoms with Gasteiger partial charge in [-0.25, -0.2) is 26.9 Å². The van der Waals surface area contributed by atoms with Crippen LogP contribution in [0.5, 0.6) is 0 Å². The van der Waals surface area contributed by atoms with Gasteiger partial charge in [-0.1, -0.05) is 12.2 Å². The van der Waals surface area contributed by atoms with Crippen molar-refractivity contribution in [2.75, 3.05) is 13.3 Å². The lowest BCUT2D eigenvalue weighted by atomic mass is 9.96. The highest BCUT2D eigenvalue weighted by molar-refractivity contribution is 7.72. The first-order valence-corrected chi connectivity index (χ1v) is 13.1. The van der Waals surface area contributed by atoms with Gasteiger partial charge in [-0.05, 0) is 18.3 Å². The Hall–Kier alpha value is -0.360. The topological polar surface area (TPSA) is 210 Å². The maximum absolute atomic E-state index is 15.1. The molecule has 1 saturated heterocycles. The Morgan fingerprint density at radius 3 is 2.25 bits per heavy atom. The van der Waals surface area contributed by atoms with Crippen molar-refractivity contribution in [1.82, 2.24) is 9.55 Å². The number of halogens is 3. The Morgan fingerprint density at radius 2 is 1.75 bits per heavy atom. The molecule has 0 amide bonds. The summed E-state index contributed by atoms with van der Waals surface area (Å²) >= 11 is 9.65. The van der Waals surface area contributed by atoms with Crippen LogP contribution in [0.15, 0.2) is 12.3 Å². The van der Waals surface area contributed by atoms with E-state index in [0.717, 1.165) is 12.3 Å². The fourth-order valence-electron chi connectivity index (χ4n) is 2.47. The summed E-state index contributed by atoms with van der Waals surface area (Å²) < 4.78 is 93.2. The number of aliphatic hydroxyl groups excluding tert-OH is 1. The average molecular weight is 568 g/mol. The van der Waals surface area contributed by atoms with Gasteiger partial charge >= 0.3 is 23.5 Å². The Kier molecular flexibility index (Phi) is 8.15. The molecule has 0 aromatic carbocycles. The van der Waals surface area contributed by atoms with E-state index in [4.69, 9.17) is 43.9 Å². The number of ether oxygens (including phenoxy) is 1. The summed E-state index contributed by atoms with van der Waals surface area (Å²) in [7, 11) is -17.5. The standard InChI is InChI=1S/C10H14F3N2O12P3S2/c11-3-9(12)6(16)10(13,25-7(9)15-2-1-5(31)14-8(15)32)4-24-29(20,21)27-30(22,23)26-28(17,18)19/h1-2,6-7,16H,3-4H2,(H,20,21)(H,22,23)(H,14,31,32)(H2,17,18,19)/t6?,7-,9-,10-/m1/s1. The van der Waals surface area contributed by atoms with Crippen LogP contribution in [-0.4, -0.2) is 65.1 Å². The minimum atomic E-state index is -5.93. The van der Waals surface area contributed by atoms with E-state index in [9.17, 15) is 28.1 Å². The van der Waals surface area contributed by atoms with Crippen LogP contribution in [0.3, 0.4) is 0 Å². The number of phosphoric ester groups is 1. The molecule has 22 heteroatoms. The van der Waals surface area contributed by atoms with E-state index in [1.165, 1.54) is 0 Å². The van der Waals surface area contributed by atoms with E-state index in [-0.39, 0.29) is 9.41 Å². The van der Waals surface area contributed by atoms with Crippen molar-refractivity contribution in [1.29, 1.82) is 0 Å². The number of nitrogens with zero attached hydrogens (tertiary/aromatic N) is 1. The number of phosphoric acid groups is 3. The molecule has 3 unspecified atom stereocenters. The van der Waals surface area contributed by atoms with Gasteiger partial charge in [-0.3, -0.25) is 9.09 Å². The van der Waals surface area contributed by atoms with Gasteiger partial charge in [-0.15, -0.1) is 0 Å². The van der Waals surface area contributed by atoms with Gasteiger partial charge in [0.15, 0.2) is 17.1 Å². The quantitative estimate of drug-likeness (QED) is 0.186. The summed E-state index contributed by atoms with van der Waals surface area (Å²) in [5, 5.41) is 10.0. The lowest BCUT2D eigenvalue weighted by Gasteiger charge is -2.27. The van der Waals surface area contributed by atoms with Gasteiger partial charge in [0.25, 0.3) is 5.85 Å². The van der Waals surface area contributed by atoms with Gasteiger partial charge in [0, 0.05) is 6.20 Å². The molecule has 1 aliphatic rings. The third-order valence-electron chi connectivity index (χ3n) is 3.73. The maximum atomic E-state index is 15.1. The molecule has 0 spiro atoms. The molecule has 1 fully saturated rings. The van der Waals surface area contributed by atoms with Crippen LogP contribution in [0.4, 0.5) is 13.2 Å². The van der Waals surface area contributed by atoms with Crippen molar-refractivity contribution >= 4 is 47.9 Å². The van der Waals surface area contributed by atoms with Gasteiger partial charge in [0.2, 0.25) is 5.67 Å². The van der Waals surface area contributed by atoms with E-state index in [1.54, 1.807) is 0 Å². The zero-order valence-electron chi connectivity index (χ0n) is 15.1. The smallest absolute Gasteiger partial charge is 0.383 e. The van der Waals surface area contributed by atoms with Crippen LogP contribution in [0.1, 0.15) is 6.23 Å². The summed E-state index contributed by atoms with van der Waals surface area (Å²) in [5.41, 5.74) is -3.51. The molecule has 0 aliphatic carbocycles. The number of hydrogen-bond donors (Lipinski definition) is 6. The first kappa shape index (κ1) is 27.9. The summed E-state index contributed by atoms with van der Waals surface area (Å²) in [4.78, 5) is 37.7. The molecule has 32 heavy (non-hydrogen) atoms. The SMILES string of the molecule is O=P(O)(O)OP(=O)(O)OP(=O)(O)OC[C@@]1(F)O[C@@H](n2ccc(=S)[nH]c2=S)[C@@](F)(CF)C1O. The number of H-pyrrole nitrogens is 1. The van der Waals surface area contributed by atoms with E-state index in [1.807, 2.05) is 0 Å². The molecular formula is C10H14F3N2O12P3S2. The van der Waals surface area contributed by atoms with Gasteiger partial charge in [0.05, 0.1) is 0 Å². The summed E-state index contributed by atoms with van der Waals surface area (Å²) in [5.74, 6) is -3.75. The Labute approximate surface area is 186 Å². The maximum Gasteiger partial charge on any atom is 0.490 e. The molecule has 2 rings (SSSR count). The molecule has 184 valence electrons. The Bertz CT molecular complexity index is 1130. The monoisotopic (exact) mass is 568 g/mol. The summed E-state index contributed by atoms with van der Waals surface area (Å²) in [6, 6.07) is 1.14. The molecule has 6 N–H and O–H groups in total. The number of rotatable bonds is 9. The molecule has 1 aliphatic heterocycles. The zero-order chi connectivity index (χ0) is 24.8. The van der Waals surface area contributed by atoms with Crippen LogP contribution < -0.4 is 0 Å². The summed E-state index contributed by atoms with van der Waals surface area (Å²) in [6.45, 7) is -3.92. The van der Waals surface area contributed by atoms with E-state index < -0.39 is 60.6 Å². The highest BCUT2D eigenvalue weighted by atomic mass is 32.1. The van der Waals surface area contributed by atoms with Crippen LogP contribution in [0, 0.1) is 9.41 Å². The van der Waals surface area contributed by atoms with Crippen molar-refractivity contribution < 1.29 is 69.4 Å². The van der Waals surface area contributed by atoms with Gasteiger partial charge in [0.1, 0.15) is 17.9 Å². The molecule has 0 radical (unpaired) electrons. The number of alkyl halides is 3. The summed E-state index contributed by atoms with van der Waals surface area (Å²) in [6.07, 6.45) is -4.30. The van der Waals surface area contributed by atoms with Crippen molar-refractivity contribution in [2.45, 2.75) is 23.9 Å². The lowest BCUT2D eigenvalue weighted by Crippen LogP contribution is -2.49. The number of hydrogen-bond acceptors (Lipinski definition) is 10. The first-order chi connectivity index (χ1) is 14.3. The molecular weight excluding hydrogens is 554 g/mol.